The monoisotopic (exact) mass is 348 g/mol. The van der Waals surface area contributed by atoms with Gasteiger partial charge in [-0.25, -0.2) is 4.98 Å². The van der Waals surface area contributed by atoms with E-state index in [4.69, 9.17) is 10.5 Å². The van der Waals surface area contributed by atoms with Gasteiger partial charge >= 0.3 is 0 Å². The molecule has 2 atom stereocenters. The van der Waals surface area contributed by atoms with Crippen molar-refractivity contribution in [2.24, 2.45) is 17.6 Å². The van der Waals surface area contributed by atoms with Crippen LogP contribution in [0.15, 0.2) is 18.3 Å². The zero-order chi connectivity index (χ0) is 18.8. The third-order valence-electron chi connectivity index (χ3n) is 4.95. The number of primary amides is 1. The number of carbonyl (C=O) groups is 2. The van der Waals surface area contributed by atoms with Gasteiger partial charge in [-0.1, -0.05) is 13.8 Å². The predicted molar refractivity (Wildman–Crippen MR) is 96.3 cm³/mol. The summed E-state index contributed by atoms with van der Waals surface area (Å²) in [6.07, 6.45) is 1.64. The fraction of sp³-hybridized carbons (Fsp3) is 0.611. The first-order valence-electron chi connectivity index (χ1n) is 8.53. The number of aromatic nitrogens is 1. The molecule has 7 heteroatoms. The lowest BCUT2D eigenvalue weighted by Gasteiger charge is -2.28. The lowest BCUT2D eigenvalue weighted by atomic mass is 9.91. The minimum absolute atomic E-state index is 0.0512. The van der Waals surface area contributed by atoms with Crippen molar-refractivity contribution in [2.45, 2.75) is 39.3 Å². The van der Waals surface area contributed by atoms with Crippen molar-refractivity contribution in [1.82, 2.24) is 10.3 Å². The second kappa shape index (κ2) is 7.39. The molecule has 1 saturated heterocycles. The highest BCUT2D eigenvalue weighted by Gasteiger charge is 2.39. The van der Waals surface area contributed by atoms with Crippen molar-refractivity contribution >= 4 is 17.6 Å². The Hall–Kier alpha value is -2.15. The number of nitrogens with zero attached hydrogens (tertiary/aromatic N) is 2. The maximum Gasteiger partial charge on any atom is 0.252 e. The van der Waals surface area contributed by atoms with E-state index in [0.717, 1.165) is 0 Å². The van der Waals surface area contributed by atoms with Gasteiger partial charge in [-0.15, -0.1) is 0 Å². The quantitative estimate of drug-likeness (QED) is 0.804. The van der Waals surface area contributed by atoms with Crippen molar-refractivity contribution in [1.29, 1.82) is 0 Å². The number of pyridine rings is 1. The smallest absolute Gasteiger partial charge is 0.252 e. The van der Waals surface area contributed by atoms with Gasteiger partial charge in [0.2, 0.25) is 0 Å². The topological polar surface area (TPSA) is 97.6 Å². The van der Waals surface area contributed by atoms with Crippen LogP contribution >= 0.6 is 0 Å². The normalized spacial score (nSPS) is 20.8. The zero-order valence-electron chi connectivity index (χ0n) is 15.6. The Morgan fingerprint density at radius 2 is 2.08 bits per heavy atom. The van der Waals surface area contributed by atoms with E-state index in [0.29, 0.717) is 30.4 Å². The lowest BCUT2D eigenvalue weighted by molar-refractivity contribution is -0.140. The van der Waals surface area contributed by atoms with E-state index in [-0.39, 0.29) is 17.9 Å². The molecule has 1 aliphatic rings. The molecule has 1 aromatic rings. The first kappa shape index (κ1) is 19.2. The Bertz CT molecular complexity index is 645. The minimum Gasteiger partial charge on any atom is -0.369 e. The minimum atomic E-state index is -0.891. The van der Waals surface area contributed by atoms with Crippen molar-refractivity contribution in [3.05, 3.63) is 23.9 Å². The summed E-state index contributed by atoms with van der Waals surface area (Å²) in [7, 11) is 1.52. The summed E-state index contributed by atoms with van der Waals surface area (Å²) >= 11 is 0. The van der Waals surface area contributed by atoms with Crippen LogP contribution in [0.2, 0.25) is 0 Å². The van der Waals surface area contributed by atoms with E-state index in [9.17, 15) is 9.59 Å². The van der Waals surface area contributed by atoms with Crippen molar-refractivity contribution < 1.29 is 14.3 Å². The first-order chi connectivity index (χ1) is 11.7. The number of methoxy groups -OCH3 is 1. The second-order valence-electron chi connectivity index (χ2n) is 7.35. The Balaban J connectivity index is 2.24. The molecule has 2 heterocycles. The molecular weight excluding hydrogens is 320 g/mol. The molecule has 2 amide bonds. The van der Waals surface area contributed by atoms with Gasteiger partial charge in [0.25, 0.3) is 11.8 Å². The van der Waals surface area contributed by atoms with Crippen LogP contribution in [0.4, 0.5) is 5.82 Å². The van der Waals surface area contributed by atoms with Gasteiger partial charge in [-0.3, -0.25) is 9.59 Å². The van der Waals surface area contributed by atoms with E-state index in [1.54, 1.807) is 32.2 Å². The number of rotatable bonds is 6. The average Bonchev–Trinajstić information content (AvgIpc) is 2.98. The van der Waals surface area contributed by atoms with Gasteiger partial charge in [0, 0.05) is 32.3 Å². The van der Waals surface area contributed by atoms with E-state index >= 15 is 0 Å². The van der Waals surface area contributed by atoms with Crippen LogP contribution in [0.25, 0.3) is 0 Å². The summed E-state index contributed by atoms with van der Waals surface area (Å²) in [5.74, 6) is 0.519. The van der Waals surface area contributed by atoms with Crippen LogP contribution in [0, 0.1) is 11.8 Å². The van der Waals surface area contributed by atoms with Crippen LogP contribution in [0.5, 0.6) is 0 Å². The third-order valence-corrected chi connectivity index (χ3v) is 4.95. The molecule has 1 fully saturated rings. The molecule has 0 aromatic carbocycles. The Morgan fingerprint density at radius 3 is 2.64 bits per heavy atom. The summed E-state index contributed by atoms with van der Waals surface area (Å²) in [5, 5.41) is 3.10. The van der Waals surface area contributed by atoms with Crippen LogP contribution in [0.3, 0.4) is 0 Å². The third kappa shape index (κ3) is 4.10. The van der Waals surface area contributed by atoms with E-state index in [2.05, 4.69) is 24.1 Å². The number of hydrogen-bond acceptors (Lipinski definition) is 5. The van der Waals surface area contributed by atoms with Gasteiger partial charge in [0.15, 0.2) is 0 Å². The molecule has 3 N–H and O–H groups in total. The Morgan fingerprint density at radius 1 is 1.40 bits per heavy atom. The molecule has 1 aliphatic heterocycles. The van der Waals surface area contributed by atoms with Crippen LogP contribution in [-0.2, 0) is 9.53 Å². The van der Waals surface area contributed by atoms with E-state index < -0.39 is 11.5 Å². The van der Waals surface area contributed by atoms with E-state index in [1.165, 1.54) is 7.11 Å². The van der Waals surface area contributed by atoms with Gasteiger partial charge in [0.1, 0.15) is 11.4 Å². The fourth-order valence-corrected chi connectivity index (χ4v) is 3.11. The maximum atomic E-state index is 12.5. The van der Waals surface area contributed by atoms with Gasteiger partial charge in [-0.2, -0.15) is 0 Å². The molecule has 0 aliphatic carbocycles. The standard InChI is InChI=1S/C18H28N4O3/c1-11(2)13-9-22(16-12(15(19)23)7-6-8-20-16)10-14(13)21-17(24)18(3,4)25-5/h6-8,11,13-14H,9-10H2,1-5H3,(H2,19,23)(H,21,24)/t13-,14+/m0/s1. The Labute approximate surface area is 148 Å². The highest BCUT2D eigenvalue weighted by molar-refractivity contribution is 5.97. The van der Waals surface area contributed by atoms with Crippen molar-refractivity contribution in [2.75, 3.05) is 25.1 Å². The summed E-state index contributed by atoms with van der Waals surface area (Å²) in [5.41, 5.74) is 4.98. The number of amides is 2. The van der Waals surface area contributed by atoms with Crippen molar-refractivity contribution in [3.63, 3.8) is 0 Å². The summed E-state index contributed by atoms with van der Waals surface area (Å²) in [4.78, 5) is 30.6. The predicted octanol–water partition coefficient (Wildman–Crippen LogP) is 1.18. The first-order valence-corrected chi connectivity index (χ1v) is 8.53. The summed E-state index contributed by atoms with van der Waals surface area (Å²) in [6.45, 7) is 9.01. The van der Waals surface area contributed by atoms with Crippen LogP contribution in [0.1, 0.15) is 38.1 Å². The van der Waals surface area contributed by atoms with Gasteiger partial charge in [-0.05, 0) is 31.9 Å². The highest BCUT2D eigenvalue weighted by Crippen LogP contribution is 2.30. The lowest BCUT2D eigenvalue weighted by Crippen LogP contribution is -2.51. The van der Waals surface area contributed by atoms with Crippen LogP contribution < -0.4 is 16.0 Å². The molecule has 138 valence electrons. The van der Waals surface area contributed by atoms with Gasteiger partial charge < -0.3 is 20.7 Å². The van der Waals surface area contributed by atoms with E-state index in [1.807, 2.05) is 4.90 Å². The number of anilines is 1. The molecule has 7 nitrogen and oxygen atoms in total. The molecule has 1 aromatic heterocycles. The fourth-order valence-electron chi connectivity index (χ4n) is 3.11. The molecule has 2 rings (SSSR count). The zero-order valence-corrected chi connectivity index (χ0v) is 15.6. The maximum absolute atomic E-state index is 12.5. The molecule has 25 heavy (non-hydrogen) atoms. The number of nitrogens with two attached hydrogens (primary N) is 1. The van der Waals surface area contributed by atoms with Gasteiger partial charge in [0.05, 0.1) is 11.6 Å². The molecule has 0 radical (unpaired) electrons. The SMILES string of the molecule is COC(C)(C)C(=O)N[C@@H]1CN(c2ncccc2C(N)=O)C[C@H]1C(C)C. The molecule has 0 bridgehead atoms. The number of hydrogen-bond donors (Lipinski definition) is 2. The highest BCUT2D eigenvalue weighted by atomic mass is 16.5. The van der Waals surface area contributed by atoms with Crippen LogP contribution in [-0.4, -0.2) is 48.6 Å². The summed E-state index contributed by atoms with van der Waals surface area (Å²) in [6, 6.07) is 3.32. The largest absolute Gasteiger partial charge is 0.369 e. The summed E-state index contributed by atoms with van der Waals surface area (Å²) < 4.78 is 5.27. The number of nitrogens with one attached hydrogen (secondary N) is 1. The number of carbonyl (C=O) groups excluding carboxylic acids is 2. The molecule has 0 saturated carbocycles. The second-order valence-corrected chi connectivity index (χ2v) is 7.35. The van der Waals surface area contributed by atoms with Crippen molar-refractivity contribution in [3.8, 4) is 0 Å². The molecular formula is C18H28N4O3. The average molecular weight is 348 g/mol. The molecule has 0 unspecified atom stereocenters. The Kier molecular flexibility index (Phi) is 5.67. The molecule has 0 spiro atoms. The number of ether oxygens (including phenoxy) is 1.